The van der Waals surface area contributed by atoms with Crippen molar-refractivity contribution in [3.8, 4) is 0 Å². The van der Waals surface area contributed by atoms with Gasteiger partial charge in [0, 0.05) is 29.0 Å². The van der Waals surface area contributed by atoms with Crippen LogP contribution in [0.15, 0.2) is 30.3 Å². The van der Waals surface area contributed by atoms with Crippen LogP contribution in [0.3, 0.4) is 0 Å². The number of carbonyl (C=O) groups excluding carboxylic acids is 2. The summed E-state index contributed by atoms with van der Waals surface area (Å²) < 4.78 is 0. The van der Waals surface area contributed by atoms with Gasteiger partial charge in [-0.3, -0.25) is 9.59 Å². The first-order valence-corrected chi connectivity index (χ1v) is 8.47. The fourth-order valence-corrected chi connectivity index (χ4v) is 3.21. The van der Waals surface area contributed by atoms with Crippen LogP contribution in [0.4, 0.5) is 11.4 Å². The Morgan fingerprint density at radius 1 is 1.00 bits per heavy atom. The van der Waals surface area contributed by atoms with Crippen LogP contribution in [0.1, 0.15) is 64.1 Å². The van der Waals surface area contributed by atoms with Crippen molar-refractivity contribution in [2.24, 2.45) is 0 Å². The normalized spacial score (nSPS) is 12.8. The van der Waals surface area contributed by atoms with Crippen LogP contribution < -0.4 is 11.1 Å². The molecule has 0 saturated carbocycles. The van der Waals surface area contributed by atoms with Crippen LogP contribution in [0.2, 0.25) is 0 Å². The number of nitrogens with two attached hydrogens (primary N) is 1. The molecule has 2 aromatic carbocycles. The summed E-state index contributed by atoms with van der Waals surface area (Å²) >= 11 is 0. The SMILES string of the molecule is CCCCNc1cc(CC)c(N)c2c1C(=O)c1ccccc1C2=O. The standard InChI is InChI=1S/C20H22N2O2/c1-3-5-10-22-15-11-12(4-2)18(21)17-16(15)19(23)13-8-6-7-9-14(13)20(17)24/h6-9,11,22H,3-5,10,21H2,1-2H3. The number of fused-ring (bicyclic) bond motifs is 2. The zero-order valence-corrected chi connectivity index (χ0v) is 14.1. The van der Waals surface area contributed by atoms with Crippen LogP contribution in [0, 0.1) is 0 Å². The van der Waals surface area contributed by atoms with Crippen molar-refractivity contribution in [1.29, 1.82) is 0 Å². The maximum atomic E-state index is 13.0. The maximum Gasteiger partial charge on any atom is 0.196 e. The van der Waals surface area contributed by atoms with Gasteiger partial charge in [0.2, 0.25) is 0 Å². The molecule has 3 N–H and O–H groups in total. The van der Waals surface area contributed by atoms with Gasteiger partial charge < -0.3 is 11.1 Å². The smallest absolute Gasteiger partial charge is 0.196 e. The molecule has 24 heavy (non-hydrogen) atoms. The highest BCUT2D eigenvalue weighted by molar-refractivity contribution is 6.32. The Balaban J connectivity index is 2.21. The zero-order chi connectivity index (χ0) is 17.3. The lowest BCUT2D eigenvalue weighted by atomic mass is 9.81. The van der Waals surface area contributed by atoms with Crippen LogP contribution in [0.25, 0.3) is 0 Å². The second-order valence-electron chi connectivity index (χ2n) is 6.08. The number of nitrogen functional groups attached to an aromatic ring is 1. The van der Waals surface area contributed by atoms with Gasteiger partial charge in [0.25, 0.3) is 0 Å². The van der Waals surface area contributed by atoms with Crippen molar-refractivity contribution in [3.05, 3.63) is 58.1 Å². The minimum Gasteiger partial charge on any atom is -0.398 e. The molecule has 0 fully saturated rings. The predicted molar refractivity (Wildman–Crippen MR) is 96.9 cm³/mol. The van der Waals surface area contributed by atoms with Gasteiger partial charge in [-0.15, -0.1) is 0 Å². The summed E-state index contributed by atoms with van der Waals surface area (Å²) in [6.07, 6.45) is 2.77. The Kier molecular flexibility index (Phi) is 4.38. The van der Waals surface area contributed by atoms with Gasteiger partial charge in [-0.05, 0) is 24.5 Å². The van der Waals surface area contributed by atoms with Crippen molar-refractivity contribution in [3.63, 3.8) is 0 Å². The highest BCUT2D eigenvalue weighted by Gasteiger charge is 2.34. The number of anilines is 2. The first-order valence-electron chi connectivity index (χ1n) is 8.47. The van der Waals surface area contributed by atoms with E-state index in [-0.39, 0.29) is 11.6 Å². The molecule has 0 spiro atoms. The van der Waals surface area contributed by atoms with Crippen LogP contribution in [-0.2, 0) is 6.42 Å². The lowest BCUT2D eigenvalue weighted by Gasteiger charge is -2.24. The summed E-state index contributed by atoms with van der Waals surface area (Å²) in [6, 6.07) is 8.88. The maximum absolute atomic E-state index is 13.0. The fourth-order valence-electron chi connectivity index (χ4n) is 3.21. The number of carbonyl (C=O) groups is 2. The van der Waals surface area contributed by atoms with Gasteiger partial charge in [-0.1, -0.05) is 44.5 Å². The van der Waals surface area contributed by atoms with E-state index in [1.807, 2.05) is 13.0 Å². The fraction of sp³-hybridized carbons (Fsp3) is 0.300. The van der Waals surface area contributed by atoms with Crippen molar-refractivity contribution >= 4 is 22.9 Å². The Labute approximate surface area is 142 Å². The van der Waals surface area contributed by atoms with E-state index < -0.39 is 0 Å². The van der Waals surface area contributed by atoms with Gasteiger partial charge in [0.05, 0.1) is 11.1 Å². The molecule has 2 aromatic rings. The van der Waals surface area contributed by atoms with E-state index in [4.69, 9.17) is 5.73 Å². The first-order chi connectivity index (χ1) is 11.6. The largest absolute Gasteiger partial charge is 0.398 e. The van der Waals surface area contributed by atoms with E-state index >= 15 is 0 Å². The molecule has 1 aliphatic rings. The number of benzene rings is 2. The minimum absolute atomic E-state index is 0.131. The topological polar surface area (TPSA) is 72.2 Å². The average Bonchev–Trinajstić information content (AvgIpc) is 2.60. The molecule has 0 amide bonds. The third-order valence-corrected chi connectivity index (χ3v) is 4.55. The van der Waals surface area contributed by atoms with Crippen LogP contribution in [-0.4, -0.2) is 18.1 Å². The lowest BCUT2D eigenvalue weighted by molar-refractivity contribution is 0.0980. The first kappa shape index (κ1) is 16.2. The second-order valence-corrected chi connectivity index (χ2v) is 6.08. The van der Waals surface area contributed by atoms with Crippen LogP contribution in [0.5, 0.6) is 0 Å². The van der Waals surface area contributed by atoms with Gasteiger partial charge in [0.15, 0.2) is 11.6 Å². The number of unbranched alkanes of at least 4 members (excludes halogenated alkanes) is 1. The van der Waals surface area contributed by atoms with E-state index in [0.29, 0.717) is 34.4 Å². The van der Waals surface area contributed by atoms with E-state index in [9.17, 15) is 9.59 Å². The highest BCUT2D eigenvalue weighted by atomic mass is 16.1. The van der Waals surface area contributed by atoms with Gasteiger partial charge >= 0.3 is 0 Å². The molecular weight excluding hydrogens is 300 g/mol. The summed E-state index contributed by atoms with van der Waals surface area (Å²) in [5, 5.41) is 3.33. The van der Waals surface area contributed by atoms with E-state index in [0.717, 1.165) is 30.6 Å². The van der Waals surface area contributed by atoms with Crippen LogP contribution >= 0.6 is 0 Å². The number of hydrogen-bond acceptors (Lipinski definition) is 4. The summed E-state index contributed by atoms with van der Waals surface area (Å²) in [5.74, 6) is -0.292. The molecule has 0 unspecified atom stereocenters. The lowest BCUT2D eigenvalue weighted by Crippen LogP contribution is -2.25. The average molecular weight is 322 g/mol. The molecule has 0 heterocycles. The third kappa shape index (κ3) is 2.48. The molecule has 0 aromatic heterocycles. The summed E-state index contributed by atoms with van der Waals surface area (Å²) in [4.78, 5) is 26.0. The molecule has 0 aliphatic heterocycles. The molecule has 1 aliphatic carbocycles. The summed E-state index contributed by atoms with van der Waals surface area (Å²) in [6.45, 7) is 4.87. The molecule has 0 atom stereocenters. The summed E-state index contributed by atoms with van der Waals surface area (Å²) in [5.41, 5.74) is 9.97. The Morgan fingerprint density at radius 2 is 1.62 bits per heavy atom. The quantitative estimate of drug-likeness (QED) is 0.553. The van der Waals surface area contributed by atoms with Gasteiger partial charge in [-0.2, -0.15) is 0 Å². The Bertz CT molecular complexity index is 825. The highest BCUT2D eigenvalue weighted by Crippen LogP contribution is 2.37. The Morgan fingerprint density at radius 3 is 2.21 bits per heavy atom. The number of hydrogen-bond donors (Lipinski definition) is 2. The molecular formula is C20H22N2O2. The number of aryl methyl sites for hydroxylation is 1. The molecule has 3 rings (SSSR count). The van der Waals surface area contributed by atoms with Gasteiger partial charge in [-0.25, -0.2) is 0 Å². The Hall–Kier alpha value is -2.62. The van der Waals surface area contributed by atoms with E-state index in [1.54, 1.807) is 24.3 Å². The molecule has 0 saturated heterocycles. The van der Waals surface area contributed by atoms with Crippen molar-refractivity contribution in [1.82, 2.24) is 0 Å². The van der Waals surface area contributed by atoms with Crippen molar-refractivity contribution in [2.45, 2.75) is 33.1 Å². The van der Waals surface area contributed by atoms with Crippen molar-refractivity contribution < 1.29 is 9.59 Å². The second kappa shape index (κ2) is 6.48. The molecule has 4 heteroatoms. The molecule has 0 radical (unpaired) electrons. The molecule has 4 nitrogen and oxygen atoms in total. The number of ketones is 2. The number of rotatable bonds is 5. The third-order valence-electron chi connectivity index (χ3n) is 4.55. The van der Waals surface area contributed by atoms with Gasteiger partial charge in [0.1, 0.15) is 0 Å². The monoisotopic (exact) mass is 322 g/mol. The predicted octanol–water partition coefficient (Wildman–Crippen LogP) is 3.82. The van der Waals surface area contributed by atoms with Crippen molar-refractivity contribution in [2.75, 3.05) is 17.6 Å². The molecule has 124 valence electrons. The minimum atomic E-state index is -0.161. The van der Waals surface area contributed by atoms with E-state index in [1.165, 1.54) is 0 Å². The van der Waals surface area contributed by atoms with E-state index in [2.05, 4.69) is 12.2 Å². The zero-order valence-electron chi connectivity index (χ0n) is 14.1. The number of nitrogens with one attached hydrogen (secondary N) is 1. The summed E-state index contributed by atoms with van der Waals surface area (Å²) in [7, 11) is 0. The molecule has 0 bridgehead atoms.